The van der Waals surface area contributed by atoms with Gasteiger partial charge in [0.25, 0.3) is 0 Å². The number of fused-ring (bicyclic) bond motifs is 1. The van der Waals surface area contributed by atoms with E-state index < -0.39 is 0 Å². The molecule has 0 aliphatic carbocycles. The number of hydrogen-bond donors (Lipinski definition) is 1. The highest BCUT2D eigenvalue weighted by molar-refractivity contribution is 9.10. The Hall–Kier alpha value is -1.23. The highest BCUT2D eigenvalue weighted by atomic mass is 79.9. The number of pyridine rings is 1. The van der Waals surface area contributed by atoms with Gasteiger partial charge in [-0.15, -0.1) is 0 Å². The molecule has 12 heavy (non-hydrogen) atoms. The smallest absolute Gasteiger partial charge is 0.136 e. The average molecular weight is 225 g/mol. The first kappa shape index (κ1) is 7.42. The van der Waals surface area contributed by atoms with Crippen LogP contribution in [0, 0.1) is 0 Å². The van der Waals surface area contributed by atoms with Gasteiger partial charge in [0.05, 0.1) is 15.4 Å². The molecule has 0 fully saturated rings. The van der Waals surface area contributed by atoms with E-state index in [1.165, 1.54) is 6.33 Å². The van der Waals surface area contributed by atoms with E-state index in [1.54, 1.807) is 12.4 Å². The van der Waals surface area contributed by atoms with Gasteiger partial charge in [0.15, 0.2) is 0 Å². The maximum Gasteiger partial charge on any atom is 0.136 e. The predicted octanol–water partition coefficient (Wildman–Crippen LogP) is 1.37. The number of anilines is 1. The fourth-order valence-electron chi connectivity index (χ4n) is 0.965. The molecule has 2 aromatic rings. The van der Waals surface area contributed by atoms with Crippen LogP contribution in [0.25, 0.3) is 10.9 Å². The molecule has 0 saturated carbocycles. The number of nitrogen functional groups attached to an aromatic ring is 1. The van der Waals surface area contributed by atoms with Crippen LogP contribution in [0.2, 0.25) is 0 Å². The Morgan fingerprint density at radius 1 is 1.25 bits per heavy atom. The summed E-state index contributed by atoms with van der Waals surface area (Å²) in [7, 11) is 0. The molecule has 0 aliphatic heterocycles. The zero-order valence-corrected chi connectivity index (χ0v) is 7.62. The van der Waals surface area contributed by atoms with Gasteiger partial charge in [0, 0.05) is 12.4 Å². The van der Waals surface area contributed by atoms with Gasteiger partial charge in [0.2, 0.25) is 0 Å². The molecule has 5 heteroatoms. The molecule has 0 aromatic carbocycles. The number of aromatic nitrogens is 3. The number of nitrogens with two attached hydrogens (primary N) is 1. The summed E-state index contributed by atoms with van der Waals surface area (Å²) in [6.45, 7) is 0. The third-order valence-corrected chi connectivity index (χ3v) is 2.11. The highest BCUT2D eigenvalue weighted by Gasteiger charge is 2.02. The van der Waals surface area contributed by atoms with E-state index >= 15 is 0 Å². The van der Waals surface area contributed by atoms with Crippen LogP contribution >= 0.6 is 15.9 Å². The molecular weight excluding hydrogens is 220 g/mol. The van der Waals surface area contributed by atoms with Crippen LogP contribution in [0.1, 0.15) is 0 Å². The molecule has 2 aromatic heterocycles. The summed E-state index contributed by atoms with van der Waals surface area (Å²) in [5.74, 6) is 0.453. The third-order valence-electron chi connectivity index (χ3n) is 1.53. The minimum atomic E-state index is 0.453. The van der Waals surface area contributed by atoms with Crippen LogP contribution in [0.15, 0.2) is 23.2 Å². The van der Waals surface area contributed by atoms with E-state index in [9.17, 15) is 0 Å². The van der Waals surface area contributed by atoms with Gasteiger partial charge < -0.3 is 5.73 Å². The lowest BCUT2D eigenvalue weighted by Crippen LogP contribution is -1.93. The van der Waals surface area contributed by atoms with Gasteiger partial charge in [-0.3, -0.25) is 4.98 Å². The van der Waals surface area contributed by atoms with Gasteiger partial charge in [-0.05, 0) is 15.9 Å². The summed E-state index contributed by atoms with van der Waals surface area (Å²) < 4.78 is 0.828. The van der Waals surface area contributed by atoms with Gasteiger partial charge in [-0.2, -0.15) is 0 Å². The third kappa shape index (κ3) is 1.02. The molecule has 4 nitrogen and oxygen atoms in total. The standard InChI is InChI=1S/C7H5BrN4/c8-5-2-10-1-4-6(5)11-3-12-7(4)9/h1-3H,(H2,9,11,12). The van der Waals surface area contributed by atoms with Crippen molar-refractivity contribution in [3.63, 3.8) is 0 Å². The highest BCUT2D eigenvalue weighted by Crippen LogP contribution is 2.22. The minimum Gasteiger partial charge on any atom is -0.383 e. The fraction of sp³-hybridized carbons (Fsp3) is 0. The summed E-state index contributed by atoms with van der Waals surface area (Å²) >= 11 is 3.32. The molecule has 0 atom stereocenters. The number of rotatable bonds is 0. The summed E-state index contributed by atoms with van der Waals surface area (Å²) in [6.07, 6.45) is 4.76. The molecule has 0 spiro atoms. The zero-order chi connectivity index (χ0) is 8.55. The largest absolute Gasteiger partial charge is 0.383 e. The average Bonchev–Trinajstić information content (AvgIpc) is 2.07. The summed E-state index contributed by atoms with van der Waals surface area (Å²) in [4.78, 5) is 11.9. The van der Waals surface area contributed by atoms with Crippen LogP contribution < -0.4 is 5.73 Å². The van der Waals surface area contributed by atoms with Crippen molar-refractivity contribution in [2.45, 2.75) is 0 Å². The Balaban J connectivity index is 2.94. The van der Waals surface area contributed by atoms with Crippen molar-refractivity contribution in [3.8, 4) is 0 Å². The van der Waals surface area contributed by atoms with E-state index in [0.29, 0.717) is 5.82 Å². The van der Waals surface area contributed by atoms with Gasteiger partial charge in [0.1, 0.15) is 12.1 Å². The van der Waals surface area contributed by atoms with E-state index in [4.69, 9.17) is 5.73 Å². The van der Waals surface area contributed by atoms with Crippen molar-refractivity contribution < 1.29 is 0 Å². The Bertz CT molecular complexity index is 387. The summed E-state index contributed by atoms with van der Waals surface area (Å²) in [6, 6.07) is 0. The van der Waals surface area contributed by atoms with Crippen molar-refractivity contribution in [1.82, 2.24) is 15.0 Å². The van der Waals surface area contributed by atoms with Gasteiger partial charge in [-0.1, -0.05) is 0 Å². The lowest BCUT2D eigenvalue weighted by Gasteiger charge is -1.99. The number of hydrogen-bond acceptors (Lipinski definition) is 4. The Kier molecular flexibility index (Phi) is 1.65. The molecule has 0 aliphatic rings. The van der Waals surface area contributed by atoms with E-state index in [0.717, 1.165) is 15.4 Å². The SMILES string of the molecule is Nc1ncnc2c(Br)cncc12. The summed E-state index contributed by atoms with van der Waals surface area (Å²) in [5, 5.41) is 0.770. The topological polar surface area (TPSA) is 64.7 Å². The summed E-state index contributed by atoms with van der Waals surface area (Å²) in [5.41, 5.74) is 6.40. The normalized spacial score (nSPS) is 10.4. The quantitative estimate of drug-likeness (QED) is 0.735. The van der Waals surface area contributed by atoms with Crippen molar-refractivity contribution in [2.75, 3.05) is 5.73 Å². The van der Waals surface area contributed by atoms with Crippen molar-refractivity contribution in [3.05, 3.63) is 23.2 Å². The minimum absolute atomic E-state index is 0.453. The Morgan fingerprint density at radius 2 is 2.08 bits per heavy atom. The fourth-order valence-corrected chi connectivity index (χ4v) is 1.40. The maximum absolute atomic E-state index is 5.61. The first-order chi connectivity index (χ1) is 5.79. The number of halogens is 1. The van der Waals surface area contributed by atoms with E-state index in [1.807, 2.05) is 0 Å². The zero-order valence-electron chi connectivity index (χ0n) is 6.03. The number of nitrogens with zero attached hydrogens (tertiary/aromatic N) is 3. The molecular formula is C7H5BrN4. The van der Waals surface area contributed by atoms with Crippen molar-refractivity contribution in [1.29, 1.82) is 0 Å². The first-order valence-electron chi connectivity index (χ1n) is 3.29. The van der Waals surface area contributed by atoms with Crippen LogP contribution in [-0.2, 0) is 0 Å². The van der Waals surface area contributed by atoms with Gasteiger partial charge in [-0.25, -0.2) is 9.97 Å². The van der Waals surface area contributed by atoms with Crippen molar-refractivity contribution in [2.24, 2.45) is 0 Å². The first-order valence-corrected chi connectivity index (χ1v) is 4.08. The second-order valence-corrected chi connectivity index (χ2v) is 3.13. The predicted molar refractivity (Wildman–Crippen MR) is 49.4 cm³/mol. The van der Waals surface area contributed by atoms with Crippen LogP contribution in [0.4, 0.5) is 5.82 Å². The van der Waals surface area contributed by atoms with Crippen LogP contribution in [0.5, 0.6) is 0 Å². The monoisotopic (exact) mass is 224 g/mol. The van der Waals surface area contributed by atoms with Gasteiger partial charge >= 0.3 is 0 Å². The van der Waals surface area contributed by atoms with E-state index in [2.05, 4.69) is 30.9 Å². The molecule has 0 amide bonds. The van der Waals surface area contributed by atoms with Crippen molar-refractivity contribution >= 4 is 32.7 Å². The molecule has 2 rings (SSSR count). The lowest BCUT2D eigenvalue weighted by atomic mass is 10.3. The maximum atomic E-state index is 5.61. The molecule has 2 N–H and O–H groups in total. The molecule has 2 heterocycles. The molecule has 60 valence electrons. The van der Waals surface area contributed by atoms with Crippen LogP contribution in [0.3, 0.4) is 0 Å². The second-order valence-electron chi connectivity index (χ2n) is 2.28. The molecule has 0 bridgehead atoms. The molecule has 0 unspecified atom stereocenters. The van der Waals surface area contributed by atoms with E-state index in [-0.39, 0.29) is 0 Å². The Morgan fingerprint density at radius 3 is 2.83 bits per heavy atom. The van der Waals surface area contributed by atoms with Crippen LogP contribution in [-0.4, -0.2) is 15.0 Å². The lowest BCUT2D eigenvalue weighted by molar-refractivity contribution is 1.21. The molecule has 0 saturated heterocycles. The second kappa shape index (κ2) is 2.67. The molecule has 0 radical (unpaired) electrons. The Labute approximate surface area is 77.0 Å².